The van der Waals surface area contributed by atoms with Crippen molar-refractivity contribution in [2.24, 2.45) is 5.10 Å². The van der Waals surface area contributed by atoms with Crippen LogP contribution < -0.4 is 19.8 Å². The van der Waals surface area contributed by atoms with E-state index in [1.807, 2.05) is 0 Å². The smallest absolute Gasteiger partial charge is 0.263 e. The first-order chi connectivity index (χ1) is 17.5. The first-order valence-electron chi connectivity index (χ1n) is 11.1. The number of carbonyl (C=O) groups is 2. The summed E-state index contributed by atoms with van der Waals surface area (Å²) in [6, 6.07) is 18.8. The topological polar surface area (TPSA) is 117 Å². The molecule has 3 rings (SSSR count). The van der Waals surface area contributed by atoms with Crippen LogP contribution in [0.25, 0.3) is 0 Å². The fourth-order valence-corrected chi connectivity index (χ4v) is 4.85. The highest BCUT2D eigenvalue weighted by Gasteiger charge is 2.29. The molecule has 0 aromatic heterocycles. The number of hydrogen-bond donors (Lipinski definition) is 2. The molecule has 0 heterocycles. The Labute approximate surface area is 221 Å². The van der Waals surface area contributed by atoms with Gasteiger partial charge in [-0.1, -0.05) is 29.8 Å². The van der Waals surface area contributed by atoms with Gasteiger partial charge >= 0.3 is 0 Å². The summed E-state index contributed by atoms with van der Waals surface area (Å²) >= 11 is 5.96. The van der Waals surface area contributed by atoms with E-state index in [2.05, 4.69) is 15.8 Å². The van der Waals surface area contributed by atoms with Gasteiger partial charge in [0.15, 0.2) is 0 Å². The van der Waals surface area contributed by atoms with Crippen molar-refractivity contribution in [3.05, 3.63) is 88.9 Å². The summed E-state index contributed by atoms with van der Waals surface area (Å²) in [6.07, 6.45) is 1.03. The lowest BCUT2D eigenvalue weighted by Gasteiger charge is -2.27. The Morgan fingerprint density at radius 3 is 2.27 bits per heavy atom. The van der Waals surface area contributed by atoms with E-state index in [-0.39, 0.29) is 5.91 Å². The van der Waals surface area contributed by atoms with Crippen LogP contribution in [0.5, 0.6) is 5.75 Å². The molecule has 2 N–H and O–H groups in total. The number of nitrogens with one attached hydrogen (secondary N) is 2. The van der Waals surface area contributed by atoms with E-state index in [1.165, 1.54) is 14.0 Å². The zero-order valence-electron chi connectivity index (χ0n) is 20.7. The molecule has 0 radical (unpaired) electrons. The van der Waals surface area contributed by atoms with Crippen LogP contribution in [0.2, 0.25) is 5.02 Å². The van der Waals surface area contributed by atoms with Crippen molar-refractivity contribution < 1.29 is 22.7 Å². The number of methoxy groups -OCH3 is 1. The van der Waals surface area contributed by atoms with Crippen molar-refractivity contribution in [2.45, 2.75) is 19.9 Å². The van der Waals surface area contributed by atoms with Gasteiger partial charge in [0.2, 0.25) is 10.0 Å². The molecule has 0 fully saturated rings. The van der Waals surface area contributed by atoms with Crippen molar-refractivity contribution in [1.82, 2.24) is 5.43 Å². The third kappa shape index (κ3) is 7.31. The molecule has 37 heavy (non-hydrogen) atoms. The second-order valence-electron chi connectivity index (χ2n) is 8.15. The van der Waals surface area contributed by atoms with Crippen LogP contribution in [0.4, 0.5) is 11.4 Å². The van der Waals surface area contributed by atoms with Crippen molar-refractivity contribution >= 4 is 50.5 Å². The van der Waals surface area contributed by atoms with Crippen LogP contribution in [0.15, 0.2) is 77.9 Å². The first-order valence-corrected chi connectivity index (χ1v) is 13.4. The molecule has 0 spiro atoms. The molecule has 0 aliphatic rings. The minimum atomic E-state index is -3.78. The number of anilines is 2. The minimum absolute atomic E-state index is 0.315. The lowest BCUT2D eigenvalue weighted by Crippen LogP contribution is -2.46. The zero-order valence-corrected chi connectivity index (χ0v) is 22.3. The van der Waals surface area contributed by atoms with E-state index in [4.69, 9.17) is 16.3 Å². The summed E-state index contributed by atoms with van der Waals surface area (Å²) in [6.45, 7) is 3.15. The van der Waals surface area contributed by atoms with Crippen molar-refractivity contribution in [3.63, 3.8) is 0 Å². The second-order valence-corrected chi connectivity index (χ2v) is 10.4. The highest BCUT2D eigenvalue weighted by molar-refractivity contribution is 7.92. The Morgan fingerprint density at radius 1 is 1.00 bits per heavy atom. The van der Waals surface area contributed by atoms with E-state index in [9.17, 15) is 18.0 Å². The van der Waals surface area contributed by atoms with Gasteiger partial charge in [-0.25, -0.2) is 13.8 Å². The SMILES string of the molecule is COc1ccc(N([C@@H](C)C(=O)N/N=C(/C)c2cccc(NC(=O)c3cccc(Cl)c3)c2)S(C)(=O)=O)cc1. The molecule has 0 aliphatic carbocycles. The maximum atomic E-state index is 12.8. The van der Waals surface area contributed by atoms with Crippen LogP contribution in [-0.4, -0.2) is 45.4 Å². The Bertz CT molecular complexity index is 1420. The number of sulfonamides is 1. The van der Waals surface area contributed by atoms with E-state index >= 15 is 0 Å². The predicted octanol–water partition coefficient (Wildman–Crippen LogP) is 4.30. The normalized spacial score (nSPS) is 12.4. The molecule has 0 bridgehead atoms. The third-order valence-corrected chi connectivity index (χ3v) is 6.85. The van der Waals surface area contributed by atoms with Gasteiger partial charge in [-0.3, -0.25) is 13.9 Å². The molecule has 194 valence electrons. The van der Waals surface area contributed by atoms with Gasteiger partial charge in [0.05, 0.1) is 24.8 Å². The molecule has 1 atom stereocenters. The molecular formula is C26H27ClN4O5S. The average Bonchev–Trinajstić information content (AvgIpc) is 2.86. The van der Waals surface area contributed by atoms with E-state index < -0.39 is 22.0 Å². The van der Waals surface area contributed by atoms with Gasteiger partial charge in [0.1, 0.15) is 11.8 Å². The summed E-state index contributed by atoms with van der Waals surface area (Å²) in [4.78, 5) is 25.4. The maximum absolute atomic E-state index is 12.8. The number of hydrogen-bond acceptors (Lipinski definition) is 6. The number of rotatable bonds is 9. The Balaban J connectivity index is 1.73. The molecule has 3 aromatic carbocycles. The monoisotopic (exact) mass is 542 g/mol. The van der Waals surface area contributed by atoms with E-state index in [0.717, 1.165) is 10.6 Å². The summed E-state index contributed by atoms with van der Waals surface area (Å²) in [5.74, 6) is -0.387. The summed E-state index contributed by atoms with van der Waals surface area (Å²) in [5, 5.41) is 7.39. The Morgan fingerprint density at radius 2 is 1.65 bits per heavy atom. The quantitative estimate of drug-likeness (QED) is 0.309. The fourth-order valence-electron chi connectivity index (χ4n) is 3.49. The van der Waals surface area contributed by atoms with Gasteiger partial charge in [0.25, 0.3) is 11.8 Å². The van der Waals surface area contributed by atoms with E-state index in [0.29, 0.717) is 39.0 Å². The standard InChI is InChI=1S/C26H27ClN4O5S/c1-17(19-7-6-10-22(16-19)28-26(33)20-8-5-9-21(27)15-20)29-30-25(32)18(2)31(37(4,34)35)23-11-13-24(36-3)14-12-23/h5-16,18H,1-4H3,(H,28,33)(H,30,32)/b29-17-/t18-/m0/s1. The van der Waals surface area contributed by atoms with Gasteiger partial charge < -0.3 is 10.1 Å². The lowest BCUT2D eigenvalue weighted by atomic mass is 10.1. The number of benzene rings is 3. The molecule has 0 aliphatic heterocycles. The second kappa shape index (κ2) is 11.9. The largest absolute Gasteiger partial charge is 0.497 e. The van der Waals surface area contributed by atoms with Crippen LogP contribution in [0.1, 0.15) is 29.8 Å². The van der Waals surface area contributed by atoms with Crippen LogP contribution in [0.3, 0.4) is 0 Å². The number of ether oxygens (including phenoxy) is 1. The summed E-state index contributed by atoms with van der Waals surface area (Å²) in [5.41, 5.74) is 4.79. The molecule has 2 amide bonds. The fraction of sp³-hybridized carbons (Fsp3) is 0.192. The van der Waals surface area contributed by atoms with Gasteiger partial charge in [-0.2, -0.15) is 5.10 Å². The number of halogens is 1. The molecular weight excluding hydrogens is 516 g/mol. The number of hydrazone groups is 1. The number of nitrogens with zero attached hydrogens (tertiary/aromatic N) is 2. The average molecular weight is 543 g/mol. The number of amides is 2. The Hall–Kier alpha value is -3.89. The Kier molecular flexibility index (Phi) is 8.90. The van der Waals surface area contributed by atoms with Crippen molar-refractivity contribution in [3.8, 4) is 5.75 Å². The molecule has 0 saturated carbocycles. The number of carbonyl (C=O) groups excluding carboxylic acids is 2. The molecule has 3 aromatic rings. The molecule has 0 unspecified atom stereocenters. The highest BCUT2D eigenvalue weighted by Crippen LogP contribution is 2.24. The van der Waals surface area contributed by atoms with Crippen molar-refractivity contribution in [2.75, 3.05) is 23.0 Å². The maximum Gasteiger partial charge on any atom is 0.263 e. The van der Waals surface area contributed by atoms with Gasteiger partial charge in [0, 0.05) is 16.3 Å². The van der Waals surface area contributed by atoms with Gasteiger partial charge in [-0.15, -0.1) is 0 Å². The van der Waals surface area contributed by atoms with Crippen LogP contribution >= 0.6 is 11.6 Å². The van der Waals surface area contributed by atoms with Crippen molar-refractivity contribution in [1.29, 1.82) is 0 Å². The lowest BCUT2D eigenvalue weighted by molar-refractivity contribution is -0.121. The van der Waals surface area contributed by atoms with Crippen LogP contribution in [0, 0.1) is 0 Å². The highest BCUT2D eigenvalue weighted by atomic mass is 35.5. The molecule has 9 nitrogen and oxygen atoms in total. The third-order valence-electron chi connectivity index (χ3n) is 5.37. The van der Waals surface area contributed by atoms with Gasteiger partial charge in [-0.05, 0) is 74.0 Å². The molecule has 0 saturated heterocycles. The zero-order chi connectivity index (χ0) is 27.2. The van der Waals surface area contributed by atoms with E-state index in [1.54, 1.807) is 79.7 Å². The molecule has 11 heteroatoms. The predicted molar refractivity (Wildman–Crippen MR) is 146 cm³/mol. The summed E-state index contributed by atoms with van der Waals surface area (Å²) in [7, 11) is -2.28. The van der Waals surface area contributed by atoms with Crippen LogP contribution in [-0.2, 0) is 14.8 Å². The summed E-state index contributed by atoms with van der Waals surface area (Å²) < 4.78 is 31.1. The first kappa shape index (κ1) is 27.7. The minimum Gasteiger partial charge on any atom is -0.497 e.